The molecule has 3 nitrogen and oxygen atoms in total. The van der Waals surface area contributed by atoms with E-state index in [1.54, 1.807) is 6.07 Å². The highest BCUT2D eigenvalue weighted by Crippen LogP contribution is 2.35. The molecule has 1 aromatic rings. The minimum absolute atomic E-state index is 0.0134. The Bertz CT molecular complexity index is 355. The molecular weight excluding hydrogens is 202 g/mol. The van der Waals surface area contributed by atoms with Crippen molar-refractivity contribution in [1.82, 2.24) is 0 Å². The average molecular weight is 223 g/mol. The van der Waals surface area contributed by atoms with Crippen LogP contribution in [0.4, 0.5) is 0 Å². The van der Waals surface area contributed by atoms with Gasteiger partial charge in [-0.05, 0) is 30.0 Å². The first-order valence-electron chi connectivity index (χ1n) is 5.57. The van der Waals surface area contributed by atoms with Crippen LogP contribution in [0.5, 0.6) is 11.5 Å². The van der Waals surface area contributed by atoms with E-state index in [2.05, 4.69) is 20.8 Å². The highest BCUT2D eigenvalue weighted by molar-refractivity contribution is 5.43. The van der Waals surface area contributed by atoms with Crippen LogP contribution in [-0.4, -0.2) is 11.7 Å². The Morgan fingerprint density at radius 3 is 2.50 bits per heavy atom. The second-order valence-electron chi connectivity index (χ2n) is 5.00. The Balaban J connectivity index is 3.03. The number of ether oxygens (including phenoxy) is 1. The molecule has 90 valence electrons. The molecule has 1 aromatic carbocycles. The summed E-state index contributed by atoms with van der Waals surface area (Å²) in [7, 11) is 0. The number of aromatic hydroxyl groups is 1. The van der Waals surface area contributed by atoms with Crippen LogP contribution in [0.3, 0.4) is 0 Å². The van der Waals surface area contributed by atoms with Crippen LogP contribution >= 0.6 is 0 Å². The monoisotopic (exact) mass is 223 g/mol. The van der Waals surface area contributed by atoms with Gasteiger partial charge in [0.25, 0.3) is 0 Å². The number of phenols is 1. The number of nitrogens with two attached hydrogens (primary N) is 1. The summed E-state index contributed by atoms with van der Waals surface area (Å²) < 4.78 is 5.33. The first-order chi connectivity index (χ1) is 7.36. The van der Waals surface area contributed by atoms with E-state index in [4.69, 9.17) is 10.5 Å². The maximum atomic E-state index is 9.58. The quantitative estimate of drug-likeness (QED) is 0.828. The van der Waals surface area contributed by atoms with Gasteiger partial charge in [-0.1, -0.05) is 26.8 Å². The summed E-state index contributed by atoms with van der Waals surface area (Å²) >= 11 is 0. The van der Waals surface area contributed by atoms with Gasteiger partial charge in [-0.25, -0.2) is 0 Å². The van der Waals surface area contributed by atoms with Crippen LogP contribution in [0.15, 0.2) is 18.2 Å². The summed E-state index contributed by atoms with van der Waals surface area (Å²) in [6.45, 7) is 8.68. The highest BCUT2D eigenvalue weighted by atomic mass is 16.5. The van der Waals surface area contributed by atoms with Gasteiger partial charge in [0.2, 0.25) is 0 Å². The fourth-order valence-corrected chi connectivity index (χ4v) is 1.50. The molecule has 16 heavy (non-hydrogen) atoms. The van der Waals surface area contributed by atoms with Gasteiger partial charge in [-0.3, -0.25) is 0 Å². The Labute approximate surface area is 97.2 Å². The van der Waals surface area contributed by atoms with Gasteiger partial charge in [-0.2, -0.15) is 0 Å². The second-order valence-corrected chi connectivity index (χ2v) is 5.00. The Morgan fingerprint density at radius 2 is 2.00 bits per heavy atom. The normalized spacial score (nSPS) is 13.6. The van der Waals surface area contributed by atoms with Crippen molar-refractivity contribution in [3.8, 4) is 11.5 Å². The molecule has 1 rings (SSSR count). The summed E-state index contributed by atoms with van der Waals surface area (Å²) in [6.07, 6.45) is 0. The molecule has 3 heteroatoms. The van der Waals surface area contributed by atoms with Crippen molar-refractivity contribution in [1.29, 1.82) is 0 Å². The van der Waals surface area contributed by atoms with E-state index in [0.717, 1.165) is 5.56 Å². The number of benzene rings is 1. The van der Waals surface area contributed by atoms with Crippen LogP contribution in [0.1, 0.15) is 39.3 Å². The van der Waals surface area contributed by atoms with Crippen molar-refractivity contribution in [2.24, 2.45) is 11.1 Å². The Kier molecular flexibility index (Phi) is 3.81. The summed E-state index contributed by atoms with van der Waals surface area (Å²) in [5, 5.41) is 9.58. The molecule has 0 bridgehead atoms. The van der Waals surface area contributed by atoms with Crippen molar-refractivity contribution in [2.45, 2.75) is 33.7 Å². The predicted octanol–water partition coefficient (Wildman–Crippen LogP) is 2.84. The van der Waals surface area contributed by atoms with E-state index >= 15 is 0 Å². The van der Waals surface area contributed by atoms with Crippen LogP contribution < -0.4 is 10.5 Å². The molecule has 0 unspecified atom stereocenters. The molecule has 0 aliphatic heterocycles. The third-order valence-electron chi connectivity index (χ3n) is 2.58. The van der Waals surface area contributed by atoms with Crippen LogP contribution in [0.25, 0.3) is 0 Å². The number of rotatable bonds is 3. The smallest absolute Gasteiger partial charge is 0.161 e. The van der Waals surface area contributed by atoms with Crippen LogP contribution in [-0.2, 0) is 0 Å². The molecule has 3 N–H and O–H groups in total. The first kappa shape index (κ1) is 12.8. The topological polar surface area (TPSA) is 55.5 Å². The zero-order valence-electron chi connectivity index (χ0n) is 10.4. The molecule has 0 saturated carbocycles. The number of hydrogen-bond donors (Lipinski definition) is 2. The Morgan fingerprint density at radius 1 is 1.38 bits per heavy atom. The molecule has 0 amide bonds. The van der Waals surface area contributed by atoms with Gasteiger partial charge in [0, 0.05) is 6.04 Å². The summed E-state index contributed by atoms with van der Waals surface area (Å²) in [4.78, 5) is 0. The van der Waals surface area contributed by atoms with Crippen molar-refractivity contribution in [2.75, 3.05) is 6.61 Å². The van der Waals surface area contributed by atoms with E-state index in [-0.39, 0.29) is 17.2 Å². The molecular formula is C13H21NO2. The Hall–Kier alpha value is -1.22. The maximum Gasteiger partial charge on any atom is 0.161 e. The van der Waals surface area contributed by atoms with E-state index in [0.29, 0.717) is 12.4 Å². The molecule has 0 fully saturated rings. The second kappa shape index (κ2) is 4.74. The third-order valence-corrected chi connectivity index (χ3v) is 2.58. The van der Waals surface area contributed by atoms with E-state index in [1.165, 1.54) is 0 Å². The van der Waals surface area contributed by atoms with Crippen molar-refractivity contribution in [3.63, 3.8) is 0 Å². The van der Waals surface area contributed by atoms with Crippen molar-refractivity contribution in [3.05, 3.63) is 23.8 Å². The zero-order chi connectivity index (χ0) is 12.3. The molecule has 0 saturated heterocycles. The lowest BCUT2D eigenvalue weighted by Crippen LogP contribution is -2.26. The van der Waals surface area contributed by atoms with Gasteiger partial charge in [0.1, 0.15) is 0 Å². The molecule has 0 aliphatic rings. The minimum Gasteiger partial charge on any atom is -0.504 e. The summed E-state index contributed by atoms with van der Waals surface area (Å²) in [5.41, 5.74) is 7.12. The molecule has 0 heterocycles. The van der Waals surface area contributed by atoms with Crippen molar-refractivity contribution < 1.29 is 9.84 Å². The van der Waals surface area contributed by atoms with E-state index in [9.17, 15) is 5.11 Å². The lowest BCUT2D eigenvalue weighted by molar-refractivity contribution is 0.309. The highest BCUT2D eigenvalue weighted by Gasteiger charge is 2.23. The summed E-state index contributed by atoms with van der Waals surface area (Å²) in [6, 6.07) is 5.21. The molecule has 1 atom stereocenters. The first-order valence-corrected chi connectivity index (χ1v) is 5.57. The molecule has 0 radical (unpaired) electrons. The molecule has 0 spiro atoms. The van der Waals surface area contributed by atoms with E-state index in [1.807, 2.05) is 19.1 Å². The predicted molar refractivity (Wildman–Crippen MR) is 65.7 cm³/mol. The number of hydrogen-bond acceptors (Lipinski definition) is 3. The molecule has 0 aromatic heterocycles. The fourth-order valence-electron chi connectivity index (χ4n) is 1.50. The number of phenolic OH excluding ortho intramolecular Hbond substituents is 1. The average Bonchev–Trinajstić information content (AvgIpc) is 2.19. The van der Waals surface area contributed by atoms with Crippen LogP contribution in [0, 0.1) is 5.41 Å². The van der Waals surface area contributed by atoms with Gasteiger partial charge in [0.15, 0.2) is 11.5 Å². The lowest BCUT2D eigenvalue weighted by atomic mass is 9.83. The third kappa shape index (κ3) is 2.89. The van der Waals surface area contributed by atoms with E-state index < -0.39 is 0 Å². The van der Waals surface area contributed by atoms with Gasteiger partial charge < -0.3 is 15.6 Å². The zero-order valence-corrected chi connectivity index (χ0v) is 10.4. The molecule has 0 aliphatic carbocycles. The largest absolute Gasteiger partial charge is 0.504 e. The standard InChI is InChI=1S/C13H21NO2/c1-5-16-11-8-9(6-7-10(11)15)12(14)13(2,3)4/h6-8,12,15H,5,14H2,1-4H3/t12-/m0/s1. The lowest BCUT2D eigenvalue weighted by Gasteiger charge is -2.27. The summed E-state index contributed by atoms with van der Waals surface area (Å²) in [5.74, 6) is 0.659. The maximum absolute atomic E-state index is 9.58. The SMILES string of the molecule is CCOc1cc([C@H](N)C(C)(C)C)ccc1O. The minimum atomic E-state index is -0.0766. The van der Waals surface area contributed by atoms with Gasteiger partial charge >= 0.3 is 0 Å². The van der Waals surface area contributed by atoms with Gasteiger partial charge in [0.05, 0.1) is 6.61 Å². The van der Waals surface area contributed by atoms with Crippen molar-refractivity contribution >= 4 is 0 Å². The van der Waals surface area contributed by atoms with Gasteiger partial charge in [-0.15, -0.1) is 0 Å². The fraction of sp³-hybridized carbons (Fsp3) is 0.538. The van der Waals surface area contributed by atoms with Crippen LogP contribution in [0.2, 0.25) is 0 Å².